The molecule has 0 heterocycles. The van der Waals surface area contributed by atoms with Gasteiger partial charge < -0.3 is 9.05 Å². The minimum atomic E-state index is -3.75. The summed E-state index contributed by atoms with van der Waals surface area (Å²) in [4.78, 5) is 11.0. The Balaban J connectivity index is 2.76. The lowest BCUT2D eigenvalue weighted by molar-refractivity contribution is -0.385. The van der Waals surface area contributed by atoms with Crippen LogP contribution in [0, 0.1) is 21.4 Å². The summed E-state index contributed by atoms with van der Waals surface area (Å²) in [5.74, 6) is 0. The number of nitro benzene ring substituents is 1. The molecule has 0 saturated heterocycles. The van der Waals surface area contributed by atoms with E-state index in [4.69, 9.17) is 14.3 Å². The topological polar surface area (TPSA) is 102 Å². The third kappa shape index (κ3) is 4.17. The smallest absolute Gasteiger partial charge is 0.308 e. The van der Waals surface area contributed by atoms with E-state index in [9.17, 15) is 14.7 Å². The number of nitrogens with zero attached hydrogens (tertiary/aromatic N) is 2. The van der Waals surface area contributed by atoms with Gasteiger partial charge in [-0.1, -0.05) is 30.3 Å². The molecule has 0 aromatic heterocycles. The van der Waals surface area contributed by atoms with Crippen molar-refractivity contribution in [2.45, 2.75) is 19.5 Å². The highest BCUT2D eigenvalue weighted by Gasteiger charge is 2.41. The Morgan fingerprint density at radius 3 is 2.27 bits per heavy atom. The normalized spacial score (nSPS) is 12.3. The predicted octanol–water partition coefficient (Wildman–Crippen LogP) is 4.82. The van der Waals surface area contributed by atoms with E-state index in [2.05, 4.69) is 0 Å². The lowest BCUT2D eigenvalue weighted by Crippen LogP contribution is -2.10. The fraction of sp³-hybridized carbons (Fsp3) is 0.278. The van der Waals surface area contributed by atoms with Gasteiger partial charge >= 0.3 is 7.60 Å². The number of nitriles is 1. The fourth-order valence-corrected chi connectivity index (χ4v) is 4.91. The summed E-state index contributed by atoms with van der Waals surface area (Å²) in [6, 6.07) is 14.7. The molecule has 0 bridgehead atoms. The summed E-state index contributed by atoms with van der Waals surface area (Å²) in [7, 11) is -3.75. The molecule has 0 aliphatic heterocycles. The number of rotatable bonds is 8. The second-order valence-electron chi connectivity index (χ2n) is 5.33. The van der Waals surface area contributed by atoms with Crippen LogP contribution in [0.5, 0.6) is 0 Å². The van der Waals surface area contributed by atoms with Gasteiger partial charge in [0.15, 0.2) is 0 Å². The van der Waals surface area contributed by atoms with Crippen molar-refractivity contribution in [2.24, 2.45) is 0 Å². The first kappa shape index (κ1) is 19.8. The third-order valence-electron chi connectivity index (χ3n) is 3.70. The summed E-state index contributed by atoms with van der Waals surface area (Å²) in [6.07, 6.45) is 0. The molecule has 2 aromatic rings. The SMILES string of the molecule is CCOP(=O)(OCC)C(c1ccccc1)c1ccc(C#N)cc1[N+](=O)[O-]. The third-order valence-corrected chi connectivity index (χ3v) is 6.15. The largest absolute Gasteiger partial charge is 0.342 e. The number of nitro groups is 1. The lowest BCUT2D eigenvalue weighted by Gasteiger charge is -2.27. The molecule has 0 spiro atoms. The molecule has 2 aromatic carbocycles. The van der Waals surface area contributed by atoms with Crippen LogP contribution in [0.25, 0.3) is 0 Å². The summed E-state index contributed by atoms with van der Waals surface area (Å²) in [5, 5.41) is 20.6. The monoisotopic (exact) mass is 374 g/mol. The zero-order valence-corrected chi connectivity index (χ0v) is 15.4. The Morgan fingerprint density at radius 1 is 1.15 bits per heavy atom. The van der Waals surface area contributed by atoms with Gasteiger partial charge in [-0.15, -0.1) is 0 Å². The van der Waals surface area contributed by atoms with Gasteiger partial charge in [-0.05, 0) is 31.5 Å². The van der Waals surface area contributed by atoms with E-state index >= 15 is 0 Å². The molecule has 0 fully saturated rings. The molecule has 0 radical (unpaired) electrons. The minimum absolute atomic E-state index is 0.130. The lowest BCUT2D eigenvalue weighted by atomic mass is 10.0. The molecule has 136 valence electrons. The van der Waals surface area contributed by atoms with Gasteiger partial charge in [0.2, 0.25) is 0 Å². The molecule has 26 heavy (non-hydrogen) atoms. The highest BCUT2D eigenvalue weighted by molar-refractivity contribution is 7.54. The first-order valence-corrected chi connectivity index (χ1v) is 9.70. The summed E-state index contributed by atoms with van der Waals surface area (Å²) < 4.78 is 24.5. The number of benzene rings is 2. The van der Waals surface area contributed by atoms with Crippen LogP contribution in [0.2, 0.25) is 0 Å². The van der Waals surface area contributed by atoms with Gasteiger partial charge in [0.25, 0.3) is 5.69 Å². The van der Waals surface area contributed by atoms with E-state index in [1.807, 2.05) is 6.07 Å². The van der Waals surface area contributed by atoms with Crippen molar-refractivity contribution >= 4 is 13.3 Å². The van der Waals surface area contributed by atoms with E-state index < -0.39 is 18.2 Å². The van der Waals surface area contributed by atoms with Crippen molar-refractivity contribution in [1.29, 1.82) is 5.26 Å². The Morgan fingerprint density at radius 2 is 1.77 bits per heavy atom. The second-order valence-corrected chi connectivity index (χ2v) is 7.44. The van der Waals surface area contributed by atoms with Gasteiger partial charge in [-0.2, -0.15) is 5.26 Å². The Hall–Kier alpha value is -2.52. The maximum atomic E-state index is 13.5. The highest BCUT2D eigenvalue weighted by atomic mass is 31.2. The molecular weight excluding hydrogens is 355 g/mol. The molecule has 8 heteroatoms. The van der Waals surface area contributed by atoms with Crippen molar-refractivity contribution < 1.29 is 18.5 Å². The maximum absolute atomic E-state index is 13.5. The average Bonchev–Trinajstić information content (AvgIpc) is 2.63. The minimum Gasteiger partial charge on any atom is -0.308 e. The predicted molar refractivity (Wildman–Crippen MR) is 97.0 cm³/mol. The molecule has 7 nitrogen and oxygen atoms in total. The standard InChI is InChI=1S/C18H19N2O5P/c1-3-24-26(23,25-4-2)18(15-8-6-5-7-9-15)16-11-10-14(13-19)12-17(16)20(21)22/h5-12,18H,3-4H2,1-2H3. The molecule has 1 unspecified atom stereocenters. The second kappa shape index (κ2) is 8.72. The van der Waals surface area contributed by atoms with Crippen molar-refractivity contribution in [2.75, 3.05) is 13.2 Å². The van der Waals surface area contributed by atoms with Crippen LogP contribution in [0.3, 0.4) is 0 Å². The summed E-state index contributed by atoms with van der Waals surface area (Å²) >= 11 is 0. The molecule has 0 saturated carbocycles. The summed E-state index contributed by atoms with van der Waals surface area (Å²) in [5.41, 5.74) is -0.361. The van der Waals surface area contributed by atoms with E-state index in [-0.39, 0.29) is 30.0 Å². The Kier molecular flexibility index (Phi) is 6.64. The van der Waals surface area contributed by atoms with Crippen molar-refractivity contribution in [3.05, 3.63) is 75.3 Å². The number of hydrogen-bond acceptors (Lipinski definition) is 6. The van der Waals surface area contributed by atoms with Gasteiger partial charge in [0.1, 0.15) is 5.66 Å². The molecular formula is C18H19N2O5P. The van der Waals surface area contributed by atoms with Gasteiger partial charge in [-0.25, -0.2) is 0 Å². The molecule has 1 atom stereocenters. The van der Waals surface area contributed by atoms with Gasteiger partial charge in [0, 0.05) is 11.6 Å². The van der Waals surface area contributed by atoms with Crippen LogP contribution in [0.15, 0.2) is 48.5 Å². The van der Waals surface area contributed by atoms with Gasteiger partial charge in [-0.3, -0.25) is 14.7 Å². The Labute approximate surface area is 151 Å². The highest BCUT2D eigenvalue weighted by Crippen LogP contribution is 2.64. The van der Waals surface area contributed by atoms with E-state index in [1.165, 1.54) is 18.2 Å². The average molecular weight is 374 g/mol. The van der Waals surface area contributed by atoms with Crippen LogP contribution >= 0.6 is 7.60 Å². The zero-order chi connectivity index (χ0) is 19.2. The molecule has 0 aliphatic rings. The van der Waals surface area contributed by atoms with E-state index in [0.29, 0.717) is 5.56 Å². The van der Waals surface area contributed by atoms with Crippen LogP contribution in [-0.2, 0) is 13.6 Å². The van der Waals surface area contributed by atoms with Crippen molar-refractivity contribution in [3.63, 3.8) is 0 Å². The van der Waals surface area contributed by atoms with E-state index in [1.54, 1.807) is 44.2 Å². The molecule has 2 rings (SSSR count). The summed E-state index contributed by atoms with van der Waals surface area (Å²) in [6.45, 7) is 3.62. The van der Waals surface area contributed by atoms with Crippen molar-refractivity contribution in [3.8, 4) is 6.07 Å². The van der Waals surface area contributed by atoms with Crippen LogP contribution in [0.1, 0.15) is 36.2 Å². The van der Waals surface area contributed by atoms with Crippen LogP contribution < -0.4 is 0 Å². The molecule has 0 amide bonds. The van der Waals surface area contributed by atoms with Crippen LogP contribution in [-0.4, -0.2) is 18.1 Å². The van der Waals surface area contributed by atoms with E-state index in [0.717, 1.165) is 0 Å². The first-order chi connectivity index (χ1) is 12.5. The maximum Gasteiger partial charge on any atom is 0.342 e. The quantitative estimate of drug-likeness (QED) is 0.373. The molecule has 0 N–H and O–H groups in total. The zero-order valence-electron chi connectivity index (χ0n) is 14.5. The fourth-order valence-electron chi connectivity index (χ4n) is 2.72. The Bertz CT molecular complexity index is 854. The van der Waals surface area contributed by atoms with Crippen molar-refractivity contribution in [1.82, 2.24) is 0 Å². The first-order valence-electron chi connectivity index (χ1n) is 8.09. The number of hydrogen-bond donors (Lipinski definition) is 0. The van der Waals surface area contributed by atoms with Crippen LogP contribution in [0.4, 0.5) is 5.69 Å². The van der Waals surface area contributed by atoms with Gasteiger partial charge in [0.05, 0.1) is 29.8 Å². The molecule has 0 aliphatic carbocycles.